The number of anilines is 2. The lowest BCUT2D eigenvalue weighted by Gasteiger charge is -2.10. The van der Waals surface area contributed by atoms with Crippen molar-refractivity contribution in [3.05, 3.63) is 59.7 Å². The van der Waals surface area contributed by atoms with Gasteiger partial charge < -0.3 is 31.9 Å². The zero-order valence-electron chi connectivity index (χ0n) is 19.1. The van der Waals surface area contributed by atoms with Crippen LogP contribution in [0.2, 0.25) is 0 Å². The molecule has 0 bridgehead atoms. The van der Waals surface area contributed by atoms with Gasteiger partial charge in [-0.15, -0.1) is 24.8 Å². The smallest absolute Gasteiger partial charge is 0.319 e. The number of nitrogens with zero attached hydrogens (tertiary/aromatic N) is 2. The van der Waals surface area contributed by atoms with Crippen molar-refractivity contribution in [1.82, 2.24) is 21.3 Å². The highest BCUT2D eigenvalue weighted by molar-refractivity contribution is 6.01. The number of carbonyl (C=O) groups excluding carboxylic acids is 2. The van der Waals surface area contributed by atoms with Crippen LogP contribution in [-0.4, -0.2) is 63.0 Å². The van der Waals surface area contributed by atoms with E-state index in [4.69, 9.17) is 0 Å². The normalized spacial score (nSPS) is 13.6. The standard InChI is InChI=1S/C23H28N8O2.2ClH/c32-22(30-18-6-2-16(3-7-18)20-24-12-13-25-20)28-10-1-11-29-23(33)31-19-8-4-17(5-9-19)21-26-14-15-27-21;;/h2-9H,1,10-15H2,(H,24,25)(H,26,27)(H2,28,30,32)(H2,29,31,33);2*1H. The molecule has 10 nitrogen and oxygen atoms in total. The predicted molar refractivity (Wildman–Crippen MR) is 145 cm³/mol. The number of hydrogen-bond donors (Lipinski definition) is 6. The summed E-state index contributed by atoms with van der Waals surface area (Å²) in [5, 5.41) is 17.6. The Kier molecular flexibility index (Phi) is 11.1. The third-order valence-electron chi connectivity index (χ3n) is 5.11. The minimum Gasteiger partial charge on any atom is -0.368 e. The van der Waals surface area contributed by atoms with Gasteiger partial charge >= 0.3 is 12.1 Å². The molecule has 2 aromatic carbocycles. The first kappa shape index (κ1) is 27.7. The summed E-state index contributed by atoms with van der Waals surface area (Å²) in [7, 11) is 0. The first-order valence-corrected chi connectivity index (χ1v) is 11.0. The SMILES string of the molecule is Cl.Cl.O=C(NCCCNC(=O)Nc1ccc(C2=NCCN2)cc1)Nc1ccc(C2=NCCN2)cc1. The van der Waals surface area contributed by atoms with E-state index in [0.29, 0.717) is 30.9 Å². The van der Waals surface area contributed by atoms with E-state index in [9.17, 15) is 9.59 Å². The maximum atomic E-state index is 12.0. The van der Waals surface area contributed by atoms with Crippen LogP contribution in [0.5, 0.6) is 0 Å². The van der Waals surface area contributed by atoms with Gasteiger partial charge in [0.25, 0.3) is 0 Å². The number of nitrogens with one attached hydrogen (secondary N) is 6. The molecule has 0 saturated carbocycles. The van der Waals surface area contributed by atoms with Gasteiger partial charge in [0, 0.05) is 48.7 Å². The summed E-state index contributed by atoms with van der Waals surface area (Å²) in [5.74, 6) is 1.77. The number of urea groups is 2. The van der Waals surface area contributed by atoms with Crippen LogP contribution in [0.25, 0.3) is 0 Å². The van der Waals surface area contributed by atoms with Gasteiger partial charge in [0.15, 0.2) is 0 Å². The lowest BCUT2D eigenvalue weighted by Crippen LogP contribution is -2.34. The van der Waals surface area contributed by atoms with E-state index in [2.05, 4.69) is 41.9 Å². The van der Waals surface area contributed by atoms with Crippen LogP contribution in [0.4, 0.5) is 21.0 Å². The summed E-state index contributed by atoms with van der Waals surface area (Å²) in [6, 6.07) is 14.5. The van der Waals surface area contributed by atoms with Crippen molar-refractivity contribution in [2.75, 3.05) is 49.9 Å². The van der Waals surface area contributed by atoms with Crippen LogP contribution >= 0.6 is 24.8 Å². The molecule has 12 heteroatoms. The third kappa shape index (κ3) is 8.34. The van der Waals surface area contributed by atoms with Crippen LogP contribution < -0.4 is 31.9 Å². The molecule has 2 aliphatic heterocycles. The molecule has 0 atom stereocenters. The Morgan fingerprint density at radius 3 is 1.43 bits per heavy atom. The molecule has 0 radical (unpaired) electrons. The van der Waals surface area contributed by atoms with Gasteiger partial charge in [-0.1, -0.05) is 0 Å². The topological polar surface area (TPSA) is 131 Å². The third-order valence-corrected chi connectivity index (χ3v) is 5.11. The first-order chi connectivity index (χ1) is 16.2. The molecule has 35 heavy (non-hydrogen) atoms. The van der Waals surface area contributed by atoms with Crippen LogP contribution in [0.15, 0.2) is 58.5 Å². The van der Waals surface area contributed by atoms with E-state index >= 15 is 0 Å². The Labute approximate surface area is 216 Å². The molecule has 2 aliphatic rings. The Balaban J connectivity index is 0.00000216. The number of carbonyl (C=O) groups is 2. The summed E-state index contributed by atoms with van der Waals surface area (Å²) < 4.78 is 0. The average molecular weight is 521 g/mol. The molecule has 0 spiro atoms. The maximum Gasteiger partial charge on any atom is 0.319 e. The number of aliphatic imine (C=N–C) groups is 2. The molecule has 0 aromatic heterocycles. The minimum absolute atomic E-state index is 0. The van der Waals surface area contributed by atoms with Crippen molar-refractivity contribution in [2.45, 2.75) is 6.42 Å². The number of rotatable bonds is 8. The Hall–Kier alpha value is -3.50. The molecule has 4 amide bonds. The monoisotopic (exact) mass is 520 g/mol. The number of halogens is 2. The van der Waals surface area contributed by atoms with E-state index in [-0.39, 0.29) is 36.9 Å². The molecular formula is C23H30Cl2N8O2. The van der Waals surface area contributed by atoms with Crippen LogP contribution in [0, 0.1) is 0 Å². The predicted octanol–water partition coefficient (Wildman–Crippen LogP) is 2.56. The van der Waals surface area contributed by atoms with Crippen molar-refractivity contribution in [3.63, 3.8) is 0 Å². The molecule has 188 valence electrons. The number of benzene rings is 2. The van der Waals surface area contributed by atoms with E-state index in [1.165, 1.54) is 0 Å². The van der Waals surface area contributed by atoms with Crippen molar-refractivity contribution >= 4 is 59.9 Å². The fourth-order valence-corrected chi connectivity index (χ4v) is 3.45. The molecule has 2 aromatic rings. The highest BCUT2D eigenvalue weighted by Crippen LogP contribution is 2.12. The van der Waals surface area contributed by atoms with Crippen molar-refractivity contribution in [3.8, 4) is 0 Å². The van der Waals surface area contributed by atoms with E-state index in [1.54, 1.807) is 0 Å². The second kappa shape index (κ2) is 14.0. The van der Waals surface area contributed by atoms with Crippen molar-refractivity contribution in [2.24, 2.45) is 9.98 Å². The zero-order chi connectivity index (χ0) is 22.9. The second-order valence-corrected chi connectivity index (χ2v) is 7.58. The lowest BCUT2D eigenvalue weighted by atomic mass is 10.2. The molecular weight excluding hydrogens is 491 g/mol. The molecule has 0 saturated heterocycles. The summed E-state index contributed by atoms with van der Waals surface area (Å²) in [4.78, 5) is 32.8. The lowest BCUT2D eigenvalue weighted by molar-refractivity contribution is 0.251. The van der Waals surface area contributed by atoms with Gasteiger partial charge in [0.1, 0.15) is 11.7 Å². The van der Waals surface area contributed by atoms with Crippen molar-refractivity contribution in [1.29, 1.82) is 0 Å². The number of amidine groups is 2. The average Bonchev–Trinajstić information content (AvgIpc) is 3.55. The number of amides is 4. The summed E-state index contributed by atoms with van der Waals surface area (Å²) in [6.07, 6.45) is 0.607. The van der Waals surface area contributed by atoms with Gasteiger partial charge in [-0.2, -0.15) is 0 Å². The van der Waals surface area contributed by atoms with Crippen LogP contribution in [-0.2, 0) is 0 Å². The molecule has 6 N–H and O–H groups in total. The van der Waals surface area contributed by atoms with Crippen molar-refractivity contribution < 1.29 is 9.59 Å². The molecule has 0 fully saturated rings. The second-order valence-electron chi connectivity index (χ2n) is 7.58. The van der Waals surface area contributed by atoms with Gasteiger partial charge in [-0.25, -0.2) is 9.59 Å². The first-order valence-electron chi connectivity index (χ1n) is 11.0. The van der Waals surface area contributed by atoms with Gasteiger partial charge in [-0.3, -0.25) is 9.98 Å². The highest BCUT2D eigenvalue weighted by Gasteiger charge is 2.09. The van der Waals surface area contributed by atoms with E-state index in [0.717, 1.165) is 49.0 Å². The van der Waals surface area contributed by atoms with E-state index < -0.39 is 0 Å². The minimum atomic E-state index is -0.287. The number of hydrogen-bond acceptors (Lipinski definition) is 6. The van der Waals surface area contributed by atoms with Crippen LogP contribution in [0.1, 0.15) is 17.5 Å². The Bertz CT molecular complexity index is 959. The van der Waals surface area contributed by atoms with Crippen LogP contribution in [0.3, 0.4) is 0 Å². The van der Waals surface area contributed by atoms with Gasteiger partial charge in [-0.05, 0) is 55.0 Å². The van der Waals surface area contributed by atoms with Gasteiger partial charge in [0.05, 0.1) is 13.1 Å². The fourth-order valence-electron chi connectivity index (χ4n) is 3.45. The summed E-state index contributed by atoms with van der Waals surface area (Å²) in [6.45, 7) is 4.17. The Morgan fingerprint density at radius 2 is 1.09 bits per heavy atom. The molecule has 2 heterocycles. The molecule has 0 unspecified atom stereocenters. The quantitative estimate of drug-likeness (QED) is 0.298. The summed E-state index contributed by atoms with van der Waals surface area (Å²) >= 11 is 0. The molecule has 0 aliphatic carbocycles. The molecule has 4 rings (SSSR count). The summed E-state index contributed by atoms with van der Waals surface area (Å²) in [5.41, 5.74) is 3.40. The Morgan fingerprint density at radius 1 is 0.686 bits per heavy atom. The van der Waals surface area contributed by atoms with Gasteiger partial charge in [0.2, 0.25) is 0 Å². The van der Waals surface area contributed by atoms with E-state index in [1.807, 2.05) is 48.5 Å². The zero-order valence-corrected chi connectivity index (χ0v) is 20.7. The highest BCUT2D eigenvalue weighted by atomic mass is 35.5. The fraction of sp³-hybridized carbons (Fsp3) is 0.304. The largest absolute Gasteiger partial charge is 0.368 e. The maximum absolute atomic E-state index is 12.0.